The van der Waals surface area contributed by atoms with E-state index in [1.165, 1.54) is 11.1 Å². The van der Waals surface area contributed by atoms with Crippen molar-refractivity contribution in [1.82, 2.24) is 39.9 Å². The maximum atomic E-state index is 12.4. The molecule has 5 heterocycles. The van der Waals surface area contributed by atoms with Crippen molar-refractivity contribution in [3.63, 3.8) is 0 Å². The molecular weight excluding hydrogens is 438 g/mol. The van der Waals surface area contributed by atoms with Gasteiger partial charge < -0.3 is 19.9 Å². The number of carbonyl (C=O) groups excluding carboxylic acids is 2. The minimum absolute atomic E-state index is 0.155. The summed E-state index contributed by atoms with van der Waals surface area (Å²) >= 11 is 0. The Balaban J connectivity index is 1.35. The van der Waals surface area contributed by atoms with Crippen LogP contribution in [0.15, 0.2) is 24.5 Å². The Morgan fingerprint density at radius 3 is 2.88 bits per heavy atom. The Labute approximate surface area is 193 Å². The van der Waals surface area contributed by atoms with E-state index in [0.717, 1.165) is 16.7 Å². The SMILES string of the molecule is Cc1ccc2c(-c3cnc4[nH]cc(OC(=O)N[C@H](C)C(=O)N5CC(C#N)C5)c4n3)nn(C)c2n1. The first-order valence-corrected chi connectivity index (χ1v) is 10.7. The van der Waals surface area contributed by atoms with Crippen LogP contribution < -0.4 is 10.1 Å². The molecule has 172 valence electrons. The number of carbonyl (C=O) groups is 2. The van der Waals surface area contributed by atoms with Gasteiger partial charge in [-0.05, 0) is 26.0 Å². The fraction of sp³-hybridized carbons (Fsp3) is 0.318. The monoisotopic (exact) mass is 459 g/mol. The molecule has 1 saturated heterocycles. The molecule has 1 aliphatic heterocycles. The van der Waals surface area contributed by atoms with Crippen LogP contribution in [0.3, 0.4) is 0 Å². The lowest BCUT2D eigenvalue weighted by Crippen LogP contribution is -2.56. The number of fused-ring (bicyclic) bond motifs is 2. The highest BCUT2D eigenvalue weighted by Gasteiger charge is 2.33. The van der Waals surface area contributed by atoms with Crippen molar-refractivity contribution in [2.24, 2.45) is 13.0 Å². The van der Waals surface area contributed by atoms with Gasteiger partial charge in [-0.15, -0.1) is 0 Å². The van der Waals surface area contributed by atoms with Gasteiger partial charge in [0.05, 0.1) is 18.2 Å². The Hall–Kier alpha value is -4.53. The first kappa shape index (κ1) is 21.3. The second-order valence-corrected chi connectivity index (χ2v) is 8.23. The van der Waals surface area contributed by atoms with E-state index in [4.69, 9.17) is 10.00 Å². The van der Waals surface area contributed by atoms with Gasteiger partial charge in [0.1, 0.15) is 17.4 Å². The molecule has 2 amide bonds. The standard InChI is InChI=1S/C22H21N9O3/c1-11-4-5-14-17(29-30(3)20(14)26-11)15-7-24-19-18(28-15)16(8-25-19)34-22(33)27-12(2)21(32)31-9-13(6-23)10-31/h4-5,7-8,12-13H,9-10H2,1-3H3,(H,24,25)(H,27,33)/t12-/m1/s1. The van der Waals surface area contributed by atoms with E-state index in [2.05, 4.69) is 36.4 Å². The van der Waals surface area contributed by atoms with E-state index >= 15 is 0 Å². The van der Waals surface area contributed by atoms with Gasteiger partial charge in [0.25, 0.3) is 0 Å². The molecule has 4 aromatic heterocycles. The van der Waals surface area contributed by atoms with Crippen molar-refractivity contribution >= 4 is 34.2 Å². The third-order valence-corrected chi connectivity index (χ3v) is 5.70. The molecule has 1 aliphatic rings. The van der Waals surface area contributed by atoms with E-state index in [9.17, 15) is 9.59 Å². The smallest absolute Gasteiger partial charge is 0.406 e. The predicted molar refractivity (Wildman–Crippen MR) is 120 cm³/mol. The van der Waals surface area contributed by atoms with Crippen LogP contribution in [-0.4, -0.2) is 65.7 Å². The second kappa shape index (κ2) is 8.11. The number of ether oxygens (including phenoxy) is 1. The largest absolute Gasteiger partial charge is 0.413 e. The van der Waals surface area contributed by atoms with Crippen molar-refractivity contribution in [2.75, 3.05) is 13.1 Å². The number of hydrogen-bond donors (Lipinski definition) is 2. The summed E-state index contributed by atoms with van der Waals surface area (Å²) in [7, 11) is 1.81. The van der Waals surface area contributed by atoms with Crippen molar-refractivity contribution < 1.29 is 14.3 Å². The van der Waals surface area contributed by atoms with Crippen LogP contribution in [-0.2, 0) is 11.8 Å². The number of likely N-dealkylation sites (tertiary alicyclic amines) is 1. The zero-order chi connectivity index (χ0) is 24.0. The molecule has 0 radical (unpaired) electrons. The second-order valence-electron chi connectivity index (χ2n) is 8.23. The van der Waals surface area contributed by atoms with Gasteiger partial charge in [-0.1, -0.05) is 0 Å². The fourth-order valence-corrected chi connectivity index (χ4v) is 3.86. The lowest BCUT2D eigenvalue weighted by molar-refractivity contribution is -0.137. The summed E-state index contributed by atoms with van der Waals surface area (Å²) in [6, 6.07) is 5.15. The van der Waals surface area contributed by atoms with E-state index < -0.39 is 12.1 Å². The Morgan fingerprint density at radius 1 is 1.32 bits per heavy atom. The molecule has 0 unspecified atom stereocenters. The molecule has 0 bridgehead atoms. The third-order valence-electron chi connectivity index (χ3n) is 5.70. The van der Waals surface area contributed by atoms with Crippen LogP contribution in [0.1, 0.15) is 12.6 Å². The van der Waals surface area contributed by atoms with E-state index in [-0.39, 0.29) is 17.6 Å². The molecule has 34 heavy (non-hydrogen) atoms. The molecule has 5 rings (SSSR count). The summed E-state index contributed by atoms with van der Waals surface area (Å²) in [6.07, 6.45) is 2.27. The number of amides is 2. The van der Waals surface area contributed by atoms with E-state index in [0.29, 0.717) is 35.6 Å². The van der Waals surface area contributed by atoms with E-state index in [1.54, 1.807) is 17.8 Å². The molecular formula is C22H21N9O3. The molecule has 0 aliphatic carbocycles. The first-order valence-electron chi connectivity index (χ1n) is 10.7. The Bertz CT molecular complexity index is 1480. The average Bonchev–Trinajstić information content (AvgIpc) is 3.33. The molecule has 1 fully saturated rings. The van der Waals surface area contributed by atoms with Gasteiger partial charge in [-0.3, -0.25) is 4.79 Å². The van der Waals surface area contributed by atoms with Gasteiger partial charge in [0.2, 0.25) is 5.91 Å². The number of aromatic nitrogens is 6. The number of nitrogens with zero attached hydrogens (tertiary/aromatic N) is 7. The number of aromatic amines is 1. The van der Waals surface area contributed by atoms with Crippen LogP contribution in [0.5, 0.6) is 5.75 Å². The number of nitrogens with one attached hydrogen (secondary N) is 2. The number of nitriles is 1. The van der Waals surface area contributed by atoms with Gasteiger partial charge in [-0.25, -0.2) is 24.4 Å². The van der Waals surface area contributed by atoms with Gasteiger partial charge in [-0.2, -0.15) is 10.4 Å². The Kier molecular flexibility index (Phi) is 5.09. The molecule has 2 N–H and O–H groups in total. The minimum Gasteiger partial charge on any atom is -0.406 e. The lowest BCUT2D eigenvalue weighted by atomic mass is 10.0. The number of pyridine rings is 1. The van der Waals surface area contributed by atoms with Crippen LogP contribution in [0.25, 0.3) is 33.6 Å². The van der Waals surface area contributed by atoms with Crippen LogP contribution in [0, 0.1) is 24.2 Å². The van der Waals surface area contributed by atoms with Crippen molar-refractivity contribution in [2.45, 2.75) is 19.9 Å². The van der Waals surface area contributed by atoms with Gasteiger partial charge in [0.15, 0.2) is 22.6 Å². The molecule has 12 heteroatoms. The number of hydrogen-bond acceptors (Lipinski definition) is 8. The predicted octanol–water partition coefficient (Wildman–Crippen LogP) is 1.67. The first-order chi connectivity index (χ1) is 16.3. The third kappa shape index (κ3) is 3.66. The highest BCUT2D eigenvalue weighted by Crippen LogP contribution is 2.29. The number of rotatable bonds is 4. The number of H-pyrrole nitrogens is 1. The molecule has 4 aromatic rings. The Morgan fingerprint density at radius 2 is 2.12 bits per heavy atom. The maximum absolute atomic E-state index is 12.4. The topological polar surface area (TPSA) is 155 Å². The maximum Gasteiger partial charge on any atom is 0.413 e. The average molecular weight is 459 g/mol. The summed E-state index contributed by atoms with van der Waals surface area (Å²) in [5.41, 5.74) is 3.51. The summed E-state index contributed by atoms with van der Waals surface area (Å²) in [5.74, 6) is -0.252. The van der Waals surface area contributed by atoms with Crippen LogP contribution >= 0.6 is 0 Å². The molecule has 0 aromatic carbocycles. The van der Waals surface area contributed by atoms with Crippen molar-refractivity contribution in [3.8, 4) is 23.2 Å². The lowest BCUT2D eigenvalue weighted by Gasteiger charge is -2.36. The fourth-order valence-electron chi connectivity index (χ4n) is 3.86. The van der Waals surface area contributed by atoms with Gasteiger partial charge in [0, 0.05) is 37.4 Å². The summed E-state index contributed by atoms with van der Waals surface area (Å²) < 4.78 is 7.10. The molecule has 12 nitrogen and oxygen atoms in total. The van der Waals surface area contributed by atoms with Gasteiger partial charge >= 0.3 is 6.09 Å². The molecule has 0 saturated carbocycles. The normalized spacial score (nSPS) is 14.6. The van der Waals surface area contributed by atoms with Crippen LogP contribution in [0.4, 0.5) is 4.79 Å². The molecule has 0 spiro atoms. The van der Waals surface area contributed by atoms with E-state index in [1.807, 2.05) is 26.1 Å². The quantitative estimate of drug-likeness (QED) is 0.467. The summed E-state index contributed by atoms with van der Waals surface area (Å²) in [4.78, 5) is 42.8. The zero-order valence-electron chi connectivity index (χ0n) is 18.7. The van der Waals surface area contributed by atoms with Crippen molar-refractivity contribution in [1.29, 1.82) is 5.26 Å². The zero-order valence-corrected chi connectivity index (χ0v) is 18.7. The minimum atomic E-state index is -0.797. The molecule has 1 atom stereocenters. The summed E-state index contributed by atoms with van der Waals surface area (Å²) in [6.45, 7) is 4.22. The highest BCUT2D eigenvalue weighted by molar-refractivity contribution is 5.92. The van der Waals surface area contributed by atoms with Crippen molar-refractivity contribution in [3.05, 3.63) is 30.2 Å². The summed E-state index contributed by atoms with van der Waals surface area (Å²) in [5, 5.41) is 16.7. The highest BCUT2D eigenvalue weighted by atomic mass is 16.6. The number of aryl methyl sites for hydroxylation is 2. The van der Waals surface area contributed by atoms with Crippen LogP contribution in [0.2, 0.25) is 0 Å².